The van der Waals surface area contributed by atoms with Crippen molar-refractivity contribution >= 4 is 17.0 Å². The molecule has 1 aliphatic heterocycles. The average Bonchev–Trinajstić information content (AvgIpc) is 3.54. The number of imidazole rings is 1. The maximum absolute atomic E-state index is 10.9. The third-order valence-corrected chi connectivity index (χ3v) is 7.90. The number of rotatable bonds is 14. The summed E-state index contributed by atoms with van der Waals surface area (Å²) in [7, 11) is 1.54. The monoisotopic (exact) mass is 602 g/mol. The molecule has 1 fully saturated rings. The number of aliphatic hydroxyl groups excluding tert-OH is 2. The smallest absolute Gasteiger partial charge is 0.168 e. The number of anilines is 1. The lowest BCUT2D eigenvalue weighted by molar-refractivity contribution is -0.0580. The van der Waals surface area contributed by atoms with E-state index in [2.05, 4.69) is 86.4 Å². The molecule has 10 heteroatoms. The molecule has 3 heterocycles. The SMILES string of the molecule is COCC1OC(n2cnc3c(NCC(c4ccccc4)c4ccccc4)nc(CN(CC(C)C)CC(C)C)nc32)C(O)C1O. The molecular formula is C34H46N6O4. The van der Waals surface area contributed by atoms with Crippen LogP contribution in [0.5, 0.6) is 0 Å². The van der Waals surface area contributed by atoms with Gasteiger partial charge in [-0.2, -0.15) is 0 Å². The van der Waals surface area contributed by atoms with Crippen molar-refractivity contribution in [3.63, 3.8) is 0 Å². The average molecular weight is 603 g/mol. The molecule has 4 atom stereocenters. The second-order valence-electron chi connectivity index (χ2n) is 12.6. The van der Waals surface area contributed by atoms with E-state index >= 15 is 0 Å². The molecule has 5 rings (SSSR count). The number of fused-ring (bicyclic) bond motifs is 1. The van der Waals surface area contributed by atoms with E-state index in [0.29, 0.717) is 47.7 Å². The quantitative estimate of drug-likeness (QED) is 0.192. The Hall–Kier alpha value is -3.41. The molecule has 4 unspecified atom stereocenters. The van der Waals surface area contributed by atoms with E-state index in [1.165, 1.54) is 18.2 Å². The van der Waals surface area contributed by atoms with Gasteiger partial charge >= 0.3 is 0 Å². The van der Waals surface area contributed by atoms with Crippen LogP contribution >= 0.6 is 0 Å². The summed E-state index contributed by atoms with van der Waals surface area (Å²) in [6.45, 7) is 12.0. The van der Waals surface area contributed by atoms with E-state index < -0.39 is 24.5 Å². The van der Waals surface area contributed by atoms with Crippen LogP contribution in [-0.2, 0) is 16.0 Å². The number of hydrogen-bond donors (Lipinski definition) is 3. The molecule has 2 aromatic heterocycles. The Kier molecular flexibility index (Phi) is 10.6. The Balaban J connectivity index is 1.53. The molecule has 10 nitrogen and oxygen atoms in total. The Morgan fingerprint density at radius 1 is 0.909 bits per heavy atom. The molecule has 3 N–H and O–H groups in total. The molecular weight excluding hydrogens is 556 g/mol. The van der Waals surface area contributed by atoms with Gasteiger partial charge in [-0.25, -0.2) is 15.0 Å². The zero-order valence-corrected chi connectivity index (χ0v) is 26.4. The molecule has 0 amide bonds. The number of benzene rings is 2. The van der Waals surface area contributed by atoms with Gasteiger partial charge in [0.05, 0.1) is 19.5 Å². The summed E-state index contributed by atoms with van der Waals surface area (Å²) < 4.78 is 13.0. The van der Waals surface area contributed by atoms with Crippen LogP contribution in [0, 0.1) is 11.8 Å². The normalized spacial score (nSPS) is 20.5. The highest BCUT2D eigenvalue weighted by atomic mass is 16.6. The lowest BCUT2D eigenvalue weighted by Gasteiger charge is -2.26. The predicted octanol–water partition coefficient (Wildman–Crippen LogP) is 4.45. The number of nitrogens with zero attached hydrogens (tertiary/aromatic N) is 5. The van der Waals surface area contributed by atoms with Crippen molar-refractivity contribution in [2.45, 2.75) is 64.7 Å². The van der Waals surface area contributed by atoms with E-state index in [0.717, 1.165) is 13.1 Å². The van der Waals surface area contributed by atoms with Crippen molar-refractivity contribution in [3.05, 3.63) is 83.9 Å². The van der Waals surface area contributed by atoms with E-state index in [1.54, 1.807) is 10.9 Å². The van der Waals surface area contributed by atoms with Gasteiger partial charge in [0, 0.05) is 32.7 Å². The minimum Gasteiger partial charge on any atom is -0.387 e. The molecule has 44 heavy (non-hydrogen) atoms. The lowest BCUT2D eigenvalue weighted by Crippen LogP contribution is -2.33. The Labute approximate surface area is 260 Å². The van der Waals surface area contributed by atoms with Crippen molar-refractivity contribution < 1.29 is 19.7 Å². The molecule has 0 bridgehead atoms. The van der Waals surface area contributed by atoms with Crippen molar-refractivity contribution in [1.82, 2.24) is 24.4 Å². The van der Waals surface area contributed by atoms with Gasteiger partial charge in [0.1, 0.15) is 24.1 Å². The summed E-state index contributed by atoms with van der Waals surface area (Å²) >= 11 is 0. The van der Waals surface area contributed by atoms with Crippen LogP contribution in [0.2, 0.25) is 0 Å². The van der Waals surface area contributed by atoms with Gasteiger partial charge in [0.15, 0.2) is 23.2 Å². The van der Waals surface area contributed by atoms with Gasteiger partial charge in [0.25, 0.3) is 0 Å². The van der Waals surface area contributed by atoms with Gasteiger partial charge in [-0.3, -0.25) is 9.47 Å². The number of hydrogen-bond acceptors (Lipinski definition) is 9. The van der Waals surface area contributed by atoms with E-state index in [4.69, 9.17) is 24.4 Å². The van der Waals surface area contributed by atoms with Crippen molar-refractivity contribution in [3.8, 4) is 0 Å². The highest BCUT2D eigenvalue weighted by molar-refractivity contribution is 5.83. The molecule has 0 radical (unpaired) electrons. The Morgan fingerprint density at radius 2 is 1.52 bits per heavy atom. The minimum absolute atomic E-state index is 0.0799. The van der Waals surface area contributed by atoms with Crippen molar-refractivity contribution in [2.24, 2.45) is 11.8 Å². The summed E-state index contributed by atoms with van der Waals surface area (Å²) in [6.07, 6.45) is -2.19. The van der Waals surface area contributed by atoms with E-state index in [1.807, 2.05) is 12.1 Å². The third kappa shape index (κ3) is 7.44. The summed E-state index contributed by atoms with van der Waals surface area (Å²) in [4.78, 5) is 17.1. The van der Waals surface area contributed by atoms with Crippen molar-refractivity contribution in [1.29, 1.82) is 0 Å². The first-order valence-corrected chi connectivity index (χ1v) is 15.5. The summed E-state index contributed by atoms with van der Waals surface area (Å²) in [6, 6.07) is 20.9. The maximum atomic E-state index is 10.9. The first-order chi connectivity index (χ1) is 21.2. The van der Waals surface area contributed by atoms with Gasteiger partial charge in [-0.15, -0.1) is 0 Å². The number of aliphatic hydroxyl groups is 2. The zero-order chi connectivity index (χ0) is 31.2. The zero-order valence-electron chi connectivity index (χ0n) is 26.4. The van der Waals surface area contributed by atoms with Crippen LogP contribution in [0.25, 0.3) is 11.2 Å². The molecule has 4 aromatic rings. The summed E-state index contributed by atoms with van der Waals surface area (Å²) in [5.74, 6) is 2.33. The molecule has 1 aliphatic rings. The largest absolute Gasteiger partial charge is 0.387 e. The van der Waals surface area contributed by atoms with Crippen molar-refractivity contribution in [2.75, 3.05) is 38.7 Å². The second-order valence-corrected chi connectivity index (χ2v) is 12.6. The van der Waals surface area contributed by atoms with Crippen LogP contribution in [0.15, 0.2) is 67.0 Å². The molecule has 0 saturated carbocycles. The molecule has 0 aliphatic carbocycles. The second kappa shape index (κ2) is 14.6. The fourth-order valence-corrected chi connectivity index (χ4v) is 6.04. The number of nitrogens with one attached hydrogen (secondary N) is 1. The number of ether oxygens (including phenoxy) is 2. The molecule has 1 saturated heterocycles. The topological polar surface area (TPSA) is 118 Å². The highest BCUT2D eigenvalue weighted by Gasteiger charge is 2.44. The fourth-order valence-electron chi connectivity index (χ4n) is 6.04. The standard InChI is InChI=1S/C34H46N6O4/c1-22(2)17-39(18-23(3)4)19-28-37-32(35-16-26(24-12-8-6-9-13-24)25-14-10-7-11-15-25)29-33(38-28)40(21-36-29)34-31(42)30(41)27(44-34)20-43-5/h6-15,21-23,26-27,30-31,34,41-42H,16-20H2,1-5H3,(H,35,37,38). The van der Waals surface area contributed by atoms with E-state index in [9.17, 15) is 10.2 Å². The van der Waals surface area contributed by atoms with Crippen LogP contribution in [0.3, 0.4) is 0 Å². The van der Waals surface area contributed by atoms with Gasteiger partial charge < -0.3 is 25.0 Å². The summed E-state index contributed by atoms with van der Waals surface area (Å²) in [5, 5.41) is 25.2. The minimum atomic E-state index is -1.17. The molecule has 2 aromatic carbocycles. The van der Waals surface area contributed by atoms with Crippen LogP contribution in [0.4, 0.5) is 5.82 Å². The fraction of sp³-hybridized carbons (Fsp3) is 0.500. The lowest BCUT2D eigenvalue weighted by atomic mass is 9.91. The third-order valence-electron chi connectivity index (χ3n) is 7.90. The number of aromatic nitrogens is 4. The number of methoxy groups -OCH3 is 1. The Bertz CT molecular complexity index is 1420. The van der Waals surface area contributed by atoms with Crippen LogP contribution < -0.4 is 5.32 Å². The molecule has 0 spiro atoms. The van der Waals surface area contributed by atoms with Gasteiger partial charge in [-0.05, 0) is 23.0 Å². The first kappa shape index (κ1) is 32.0. The predicted molar refractivity (Wildman–Crippen MR) is 171 cm³/mol. The molecule has 236 valence electrons. The van der Waals surface area contributed by atoms with Gasteiger partial charge in [0.2, 0.25) is 0 Å². The Morgan fingerprint density at radius 3 is 2.09 bits per heavy atom. The van der Waals surface area contributed by atoms with Gasteiger partial charge in [-0.1, -0.05) is 88.4 Å². The van der Waals surface area contributed by atoms with Crippen LogP contribution in [-0.4, -0.2) is 86.3 Å². The summed E-state index contributed by atoms with van der Waals surface area (Å²) in [5.41, 5.74) is 3.51. The maximum Gasteiger partial charge on any atom is 0.168 e. The van der Waals surface area contributed by atoms with Crippen LogP contribution in [0.1, 0.15) is 56.8 Å². The first-order valence-electron chi connectivity index (χ1n) is 15.5. The van der Waals surface area contributed by atoms with E-state index in [-0.39, 0.29) is 12.5 Å². The highest BCUT2D eigenvalue weighted by Crippen LogP contribution is 2.33.